The second-order valence-corrected chi connectivity index (χ2v) is 6.47. The number of fused-ring (bicyclic) bond motifs is 1. The van der Waals surface area contributed by atoms with Gasteiger partial charge in [0.15, 0.2) is 5.82 Å². The number of ether oxygens (including phenoxy) is 3. The number of nitrogens with one attached hydrogen (secondary N) is 1. The summed E-state index contributed by atoms with van der Waals surface area (Å²) >= 11 is 0. The number of aliphatic hydroxyl groups is 2. The van der Waals surface area contributed by atoms with Crippen LogP contribution in [0.25, 0.3) is 5.52 Å². The third-order valence-corrected chi connectivity index (χ3v) is 4.59. The Labute approximate surface area is 173 Å². The van der Waals surface area contributed by atoms with Crippen LogP contribution >= 0.6 is 0 Å². The van der Waals surface area contributed by atoms with Crippen LogP contribution in [0.5, 0.6) is 0 Å². The second kappa shape index (κ2) is 10.3. The predicted molar refractivity (Wildman–Crippen MR) is 104 cm³/mol. The number of nitriles is 1. The van der Waals surface area contributed by atoms with Crippen LogP contribution in [0, 0.1) is 11.3 Å². The molecule has 164 valence electrons. The van der Waals surface area contributed by atoms with Gasteiger partial charge in [0.2, 0.25) is 5.60 Å². The minimum absolute atomic E-state index is 0.118. The molecule has 0 amide bonds. The molecule has 12 heteroatoms. The standard InChI is InChI=1S/C18H26N6O6/c1-4-30-17(27)11(2)22-10-29-8-18(7-19,28-3)15(26)14(25)12-5-6-13-16(20)21-9-23-24(12)13/h5-6,9,11,14-15,22,25-26H,4,8,10H2,1-3H3,(H2,20,21,23)/t11-,14-,15-,18+/m0/s1. The first kappa shape index (κ1) is 23.5. The number of hydrogen-bond acceptors (Lipinski definition) is 11. The molecule has 0 saturated carbocycles. The maximum Gasteiger partial charge on any atom is 0.322 e. The predicted octanol–water partition coefficient (Wildman–Crippen LogP) is -0.870. The number of esters is 1. The highest BCUT2D eigenvalue weighted by atomic mass is 16.6. The Morgan fingerprint density at radius 3 is 2.83 bits per heavy atom. The van der Waals surface area contributed by atoms with E-state index >= 15 is 0 Å². The maximum atomic E-state index is 11.6. The van der Waals surface area contributed by atoms with Crippen LogP contribution in [0.15, 0.2) is 18.5 Å². The van der Waals surface area contributed by atoms with Crippen LogP contribution in [-0.2, 0) is 19.0 Å². The molecule has 4 atom stereocenters. The fourth-order valence-electron chi connectivity index (χ4n) is 2.76. The zero-order valence-corrected chi connectivity index (χ0v) is 17.0. The van der Waals surface area contributed by atoms with Gasteiger partial charge in [0, 0.05) is 7.11 Å². The highest BCUT2D eigenvalue weighted by molar-refractivity contribution is 5.75. The van der Waals surface area contributed by atoms with Crippen molar-refractivity contribution in [3.8, 4) is 6.07 Å². The molecule has 5 N–H and O–H groups in total. The first-order valence-corrected chi connectivity index (χ1v) is 9.19. The maximum absolute atomic E-state index is 11.6. The molecule has 2 aromatic rings. The fourth-order valence-corrected chi connectivity index (χ4v) is 2.76. The molecule has 2 rings (SSSR count). The molecule has 12 nitrogen and oxygen atoms in total. The van der Waals surface area contributed by atoms with E-state index in [0.29, 0.717) is 5.52 Å². The van der Waals surface area contributed by atoms with Crippen LogP contribution < -0.4 is 11.1 Å². The monoisotopic (exact) mass is 422 g/mol. The number of aromatic nitrogens is 3. The first-order valence-electron chi connectivity index (χ1n) is 9.19. The molecule has 2 heterocycles. The average molecular weight is 422 g/mol. The average Bonchev–Trinajstić information content (AvgIpc) is 3.19. The van der Waals surface area contributed by atoms with Gasteiger partial charge in [-0.25, -0.2) is 9.50 Å². The molecule has 0 fully saturated rings. The summed E-state index contributed by atoms with van der Waals surface area (Å²) in [6, 6.07) is 4.32. The molecular formula is C18H26N6O6. The molecule has 0 bridgehead atoms. The van der Waals surface area contributed by atoms with E-state index in [1.54, 1.807) is 19.9 Å². The zero-order chi connectivity index (χ0) is 22.3. The van der Waals surface area contributed by atoms with Crippen LogP contribution in [0.1, 0.15) is 25.6 Å². The molecule has 0 spiro atoms. The van der Waals surface area contributed by atoms with Crippen molar-refractivity contribution in [2.45, 2.75) is 37.7 Å². The molecule has 0 aliphatic rings. The Balaban J connectivity index is 2.09. The van der Waals surface area contributed by atoms with E-state index in [9.17, 15) is 20.3 Å². The van der Waals surface area contributed by atoms with E-state index in [2.05, 4.69) is 15.4 Å². The Hall–Kier alpha value is -2.82. The molecule has 0 saturated heterocycles. The number of rotatable bonds is 11. The zero-order valence-electron chi connectivity index (χ0n) is 17.0. The van der Waals surface area contributed by atoms with E-state index < -0.39 is 29.8 Å². The smallest absolute Gasteiger partial charge is 0.322 e. The summed E-state index contributed by atoms with van der Waals surface area (Å²) in [6.45, 7) is 3.04. The van der Waals surface area contributed by atoms with Gasteiger partial charge in [-0.1, -0.05) is 0 Å². The minimum Gasteiger partial charge on any atom is -0.465 e. The van der Waals surface area contributed by atoms with E-state index in [-0.39, 0.29) is 31.5 Å². The van der Waals surface area contributed by atoms with Gasteiger partial charge in [0.05, 0.1) is 25.6 Å². The fraction of sp³-hybridized carbons (Fsp3) is 0.556. The lowest BCUT2D eigenvalue weighted by atomic mass is 9.93. The summed E-state index contributed by atoms with van der Waals surface area (Å²) in [4.78, 5) is 15.5. The number of methoxy groups -OCH3 is 1. The summed E-state index contributed by atoms with van der Waals surface area (Å²) < 4.78 is 16.8. The summed E-state index contributed by atoms with van der Waals surface area (Å²) in [6.07, 6.45) is -2.03. The van der Waals surface area contributed by atoms with Gasteiger partial charge in [-0.15, -0.1) is 0 Å². The summed E-state index contributed by atoms with van der Waals surface area (Å²) in [5.41, 5.74) is 4.51. The number of nitrogen functional groups attached to an aromatic ring is 1. The molecule has 0 aromatic carbocycles. The summed E-state index contributed by atoms with van der Waals surface area (Å²) in [7, 11) is 1.22. The number of carbonyl (C=O) groups excluding carboxylic acids is 1. The molecule has 30 heavy (non-hydrogen) atoms. The molecule has 2 aromatic heterocycles. The lowest BCUT2D eigenvalue weighted by Gasteiger charge is -2.32. The van der Waals surface area contributed by atoms with Gasteiger partial charge in [-0.3, -0.25) is 10.1 Å². The molecular weight excluding hydrogens is 396 g/mol. The third kappa shape index (κ3) is 4.84. The highest BCUT2D eigenvalue weighted by Gasteiger charge is 2.44. The summed E-state index contributed by atoms with van der Waals surface area (Å²) in [5, 5.41) is 37.9. The van der Waals surface area contributed by atoms with Crippen molar-refractivity contribution in [1.82, 2.24) is 19.9 Å². The Bertz CT molecular complexity index is 899. The van der Waals surface area contributed by atoms with Gasteiger partial charge < -0.3 is 30.2 Å². The SMILES string of the molecule is CCOC(=O)[C@H](C)NCOC[C@@](C#N)(OC)[C@@H](O)[C@@H](O)c1ccc2c(N)ncnn12. The second-order valence-electron chi connectivity index (χ2n) is 6.47. The third-order valence-electron chi connectivity index (χ3n) is 4.59. The Kier molecular flexibility index (Phi) is 8.04. The molecule has 0 aliphatic heterocycles. The lowest BCUT2D eigenvalue weighted by molar-refractivity contribution is -0.151. The number of anilines is 1. The van der Waals surface area contributed by atoms with Crippen LogP contribution in [0.4, 0.5) is 5.82 Å². The van der Waals surface area contributed by atoms with Crippen molar-refractivity contribution in [1.29, 1.82) is 5.26 Å². The van der Waals surface area contributed by atoms with E-state index in [1.165, 1.54) is 24.0 Å². The van der Waals surface area contributed by atoms with Crippen LogP contribution in [0.2, 0.25) is 0 Å². The van der Waals surface area contributed by atoms with E-state index in [1.807, 2.05) is 6.07 Å². The van der Waals surface area contributed by atoms with Crippen molar-refractivity contribution in [2.75, 3.05) is 32.8 Å². The van der Waals surface area contributed by atoms with Crippen LogP contribution in [-0.4, -0.2) is 75.6 Å². The number of aliphatic hydroxyl groups excluding tert-OH is 2. The lowest BCUT2D eigenvalue weighted by Crippen LogP contribution is -2.51. The van der Waals surface area contributed by atoms with Crippen molar-refractivity contribution in [3.63, 3.8) is 0 Å². The number of nitrogens with zero attached hydrogens (tertiary/aromatic N) is 4. The van der Waals surface area contributed by atoms with Gasteiger partial charge >= 0.3 is 5.97 Å². The van der Waals surface area contributed by atoms with E-state index in [0.717, 1.165) is 0 Å². The van der Waals surface area contributed by atoms with Crippen molar-refractivity contribution in [3.05, 3.63) is 24.2 Å². The van der Waals surface area contributed by atoms with E-state index in [4.69, 9.17) is 19.9 Å². The van der Waals surface area contributed by atoms with Gasteiger partial charge in [0.1, 0.15) is 36.2 Å². The van der Waals surface area contributed by atoms with Gasteiger partial charge in [-0.05, 0) is 26.0 Å². The number of nitrogens with two attached hydrogens (primary N) is 1. The Morgan fingerprint density at radius 1 is 1.47 bits per heavy atom. The Morgan fingerprint density at radius 2 is 2.20 bits per heavy atom. The largest absolute Gasteiger partial charge is 0.465 e. The first-order chi connectivity index (χ1) is 14.3. The van der Waals surface area contributed by atoms with Crippen LogP contribution in [0.3, 0.4) is 0 Å². The highest BCUT2D eigenvalue weighted by Crippen LogP contribution is 2.29. The number of carbonyl (C=O) groups is 1. The van der Waals surface area contributed by atoms with Crippen molar-refractivity contribution in [2.24, 2.45) is 0 Å². The molecule has 0 radical (unpaired) electrons. The minimum atomic E-state index is -1.89. The van der Waals surface area contributed by atoms with Gasteiger partial charge in [0.25, 0.3) is 0 Å². The molecule has 0 unspecified atom stereocenters. The van der Waals surface area contributed by atoms with Crippen molar-refractivity contribution >= 4 is 17.3 Å². The molecule has 0 aliphatic carbocycles. The summed E-state index contributed by atoms with van der Waals surface area (Å²) in [5.74, 6) is -0.252. The van der Waals surface area contributed by atoms with Gasteiger partial charge in [-0.2, -0.15) is 10.4 Å². The topological polar surface area (TPSA) is 177 Å². The number of hydrogen-bond donors (Lipinski definition) is 4. The quantitative estimate of drug-likeness (QED) is 0.201. The van der Waals surface area contributed by atoms with Crippen molar-refractivity contribution < 1.29 is 29.2 Å². The normalized spacial score (nSPS) is 16.4.